The van der Waals surface area contributed by atoms with Crippen LogP contribution in [0.25, 0.3) is 0 Å². The van der Waals surface area contributed by atoms with E-state index in [1.807, 2.05) is 181 Å². The van der Waals surface area contributed by atoms with E-state index in [4.69, 9.17) is 29.9 Å². The normalized spacial score (nSPS) is 14.5. The number of amides is 12. The number of rotatable bonds is 44. The number of hydrogen-bond donors (Lipinski definition) is 27. The van der Waals surface area contributed by atoms with Gasteiger partial charge in [-0.05, 0) is 248 Å². The third-order valence-corrected chi connectivity index (χ3v) is 29.4. The maximum atomic E-state index is 13.9. The molecule has 0 saturated carbocycles. The van der Waals surface area contributed by atoms with Gasteiger partial charge in [-0.1, -0.05) is 0 Å². The largest absolute Gasteiger partial charge is 0.484 e. The Morgan fingerprint density at radius 2 is 0.531 bits per heavy atom. The molecule has 728 valence electrons. The van der Waals surface area contributed by atoms with Crippen LogP contribution < -0.4 is 66.9 Å². The van der Waals surface area contributed by atoms with Gasteiger partial charge in [0.25, 0.3) is 47.3 Å². The van der Waals surface area contributed by atoms with E-state index in [0.717, 1.165) is 4.90 Å². The molecule has 27 N–H and O–H groups in total. The van der Waals surface area contributed by atoms with Crippen molar-refractivity contribution in [3.05, 3.63) is 83.8 Å². The van der Waals surface area contributed by atoms with Gasteiger partial charge in [-0.25, -0.2) is 0 Å². The van der Waals surface area contributed by atoms with Gasteiger partial charge in [-0.3, -0.25) is 57.5 Å². The van der Waals surface area contributed by atoms with Crippen molar-refractivity contribution in [3.8, 4) is 5.75 Å². The van der Waals surface area contributed by atoms with Gasteiger partial charge in [0.15, 0.2) is 5.75 Å². The Bertz CT molecular complexity index is 4530. The third kappa shape index (κ3) is 34.2. The zero-order valence-corrected chi connectivity index (χ0v) is 92.8. The Kier molecular flexibility index (Phi) is 56.0. The van der Waals surface area contributed by atoms with E-state index in [2.05, 4.69) is 42.5 Å². The monoisotopic (exact) mass is 3080 g/mol. The molecule has 4 aromatic rings. The van der Waals surface area contributed by atoms with Crippen molar-refractivity contribution in [2.45, 2.75) is 94.8 Å². The van der Waals surface area contributed by atoms with Crippen LogP contribution in [0.5, 0.6) is 5.75 Å². The SMILES string of the molecule is CC(=O)N(CC(O)CO)c1c(I)c(C(=O)NCC(O)CO)c(I)c(C(=O)NCC(O)CO)c1I.CC(=O)N(CC1CN(C(C)=O)c2c(I)c(C(=O)NCC(O)CO)c(I)c(C(=O)NCC(O)CO)c2O1)c1c(I)c(C(=O)NCC(O)CO)c(I)c(C(=O)NCC(O)CO)c1I.COCC(O)CN(C(C)=O)c1c(I)c(C(=O)NCC(O)CO)c(I)c(C(=O)NCC(O)CO)c1I. The fourth-order valence-electron chi connectivity index (χ4n) is 11.1. The molecule has 130 heavy (non-hydrogen) atoms. The molecule has 0 spiro atoms. The lowest BCUT2D eigenvalue weighted by atomic mass is 10.0. The first kappa shape index (κ1) is 122. The predicted molar refractivity (Wildman–Crippen MR) is 557 cm³/mol. The summed E-state index contributed by atoms with van der Waals surface area (Å²) >= 11 is 20.0. The standard InChI is InChI=1S/C35H43I5N6O15.C20H28I3N3O9.C19H26I3N3O9/c1-13(51)45(29-26(38)20(32(57)41-3-15(53)9-47)24(36)21(27(29)39)33(58)42-4-16(54)10-48)7-19-8-46(14(2)52)30-28(40)22(34(59)43-5-17(55)11-49)25(37)23(31(30)61-19)35(60)44-6-18(56)12-50;1-9(29)26(5-12(32)8-35-2)18-16(22)13(19(33)24-3-10(30)6-27)15(21)14(17(18)23)20(34)25-4-11(31)7-28;1-8(29)25(4-11(32)7-28)17-15(21)12(18(33)23-2-9(30)5-26)14(20)13(16(17)22)19(34)24-3-10(31)6-27/h15-19,47-50,53-56H,3-12H2,1-2H3,(H,41,57)(H,42,58)(H,43,59)(H,44,60);10-12,27-28,30-32H,3-8H2,1-2H3,(H,24,33)(H,25,34);9-11,26-28,30-32H,2-7H2,1H3,(H,23,33)(H,24,34). The molecule has 45 nitrogen and oxygen atoms in total. The van der Waals surface area contributed by atoms with Crippen LogP contribution in [0.3, 0.4) is 0 Å². The highest BCUT2D eigenvalue weighted by molar-refractivity contribution is 14.1. The van der Waals surface area contributed by atoms with Gasteiger partial charge in [0.05, 0.1) is 240 Å². The molecule has 56 heteroatoms. The second-order valence-electron chi connectivity index (χ2n) is 27.8. The average Bonchev–Trinajstić information content (AvgIpc) is 0.739. The van der Waals surface area contributed by atoms with Gasteiger partial charge in [0.1, 0.15) is 11.8 Å². The molecule has 0 bridgehead atoms. The molecule has 12 amide bonds. The molecule has 0 saturated heterocycles. The highest BCUT2D eigenvalue weighted by atomic mass is 127. The zero-order chi connectivity index (χ0) is 99.1. The highest BCUT2D eigenvalue weighted by Gasteiger charge is 2.43. The Balaban J connectivity index is 0.000000540. The molecule has 5 rings (SSSR count). The van der Waals surface area contributed by atoms with Gasteiger partial charge in [-0.2, -0.15) is 0 Å². The predicted octanol–water partition coefficient (Wildman–Crippen LogP) is -4.39. The summed E-state index contributed by atoms with van der Waals surface area (Å²) in [6.07, 6.45) is -13.6. The lowest BCUT2D eigenvalue weighted by molar-refractivity contribution is -0.118. The molecule has 11 atom stereocenters. The van der Waals surface area contributed by atoms with Crippen molar-refractivity contribution in [2.75, 3.05) is 171 Å². The fourth-order valence-corrected chi connectivity index (χ4v) is 27.9. The number of aliphatic hydroxyl groups is 19. The zero-order valence-electron chi connectivity index (χ0n) is 69.1. The van der Waals surface area contributed by atoms with Crippen molar-refractivity contribution in [2.24, 2.45) is 0 Å². The number of carbonyl (C=O) groups excluding carboxylic acids is 12. The molecule has 0 aliphatic carbocycles. The Labute approximate surface area is 892 Å². The second kappa shape index (κ2) is 59.9. The van der Waals surface area contributed by atoms with Gasteiger partial charge >= 0.3 is 0 Å². The van der Waals surface area contributed by atoms with Crippen LogP contribution in [0.15, 0.2) is 0 Å². The van der Waals surface area contributed by atoms with E-state index < -0.39 is 204 Å². The summed E-state index contributed by atoms with van der Waals surface area (Å²) in [5.41, 5.74) is 0.0236. The first-order valence-corrected chi connectivity index (χ1v) is 49.8. The Morgan fingerprint density at radius 3 is 0.746 bits per heavy atom. The minimum Gasteiger partial charge on any atom is -0.484 e. The smallest absolute Gasteiger partial charge is 0.256 e. The van der Waals surface area contributed by atoms with E-state index >= 15 is 0 Å². The number of fused-ring (bicyclic) bond motifs is 1. The quantitative estimate of drug-likeness (QED) is 0.0186. The van der Waals surface area contributed by atoms with Crippen LogP contribution in [0.4, 0.5) is 22.7 Å². The number of benzene rings is 4. The van der Waals surface area contributed by atoms with E-state index in [1.54, 1.807) is 67.8 Å². The minimum atomic E-state index is -1.37. The van der Waals surface area contributed by atoms with Crippen LogP contribution in [-0.4, -0.2) is 387 Å². The Hall–Kier alpha value is -2.45. The summed E-state index contributed by atoms with van der Waals surface area (Å²) in [7, 11) is 1.40. The molecular weight excluding hydrogens is 2980 g/mol. The van der Waals surface area contributed by atoms with Crippen LogP contribution in [0.2, 0.25) is 0 Å². The topological polar surface area (TPSA) is 717 Å². The van der Waals surface area contributed by atoms with Crippen molar-refractivity contribution >= 4 is 342 Å². The van der Waals surface area contributed by atoms with Gasteiger partial charge < -0.3 is 169 Å². The molecule has 1 aliphatic heterocycles. The molecule has 0 radical (unpaired) electrons. The first-order valence-electron chi connectivity index (χ1n) is 38.0. The van der Waals surface area contributed by atoms with Crippen molar-refractivity contribution < 1.29 is 164 Å². The minimum absolute atomic E-state index is 0.00586. The number of halogens is 11. The number of nitrogens with zero attached hydrogens (tertiary/aromatic N) is 4. The van der Waals surface area contributed by atoms with Gasteiger partial charge in [0.2, 0.25) is 23.6 Å². The summed E-state index contributed by atoms with van der Waals surface area (Å²) in [4.78, 5) is 164. The average molecular weight is 3080 g/mol. The van der Waals surface area contributed by atoms with Crippen molar-refractivity contribution in [1.82, 2.24) is 42.5 Å². The van der Waals surface area contributed by atoms with E-state index in [1.165, 1.54) is 49.5 Å². The Morgan fingerprint density at radius 1 is 0.323 bits per heavy atom. The summed E-state index contributed by atoms with van der Waals surface area (Å²) in [5, 5.41) is 201. The molecule has 11 unspecified atom stereocenters. The van der Waals surface area contributed by atoms with Gasteiger partial charge in [-0.15, -0.1) is 0 Å². The molecule has 0 fully saturated rings. The first-order chi connectivity index (χ1) is 61.0. The lowest BCUT2D eigenvalue weighted by Crippen LogP contribution is -2.50. The number of hydrogen-bond acceptors (Lipinski definition) is 33. The molecular formula is C74H97I11N12O33. The summed E-state index contributed by atoms with van der Waals surface area (Å²) in [6.45, 7) is -4.45. The molecule has 0 aromatic heterocycles. The number of methoxy groups -OCH3 is 1. The summed E-state index contributed by atoms with van der Waals surface area (Å²) < 4.78 is 13.7. The number of anilines is 4. The van der Waals surface area contributed by atoms with Crippen molar-refractivity contribution in [3.63, 3.8) is 0 Å². The van der Waals surface area contributed by atoms with E-state index in [-0.39, 0.29) is 184 Å². The maximum absolute atomic E-state index is 13.9. The van der Waals surface area contributed by atoms with Crippen LogP contribution in [0.1, 0.15) is 111 Å². The fraction of sp³-hybridized carbons (Fsp3) is 0.514. The van der Waals surface area contributed by atoms with E-state index in [9.17, 15) is 134 Å². The molecule has 1 heterocycles. The summed E-state index contributed by atoms with van der Waals surface area (Å²) in [5.74, 6) is -8.27. The van der Waals surface area contributed by atoms with E-state index in [0.29, 0.717) is 7.14 Å². The number of aliphatic hydroxyl groups excluding tert-OH is 19. The summed E-state index contributed by atoms with van der Waals surface area (Å²) in [6, 6.07) is 0. The number of ether oxygens (including phenoxy) is 2. The van der Waals surface area contributed by atoms with Crippen LogP contribution in [-0.2, 0) is 23.9 Å². The molecule has 1 aliphatic rings. The highest BCUT2D eigenvalue weighted by Crippen LogP contribution is 2.47. The number of carbonyl (C=O) groups is 12. The maximum Gasteiger partial charge on any atom is 0.256 e. The number of nitrogens with one attached hydrogen (secondary N) is 8. The van der Waals surface area contributed by atoms with Crippen LogP contribution >= 0.6 is 248 Å². The van der Waals surface area contributed by atoms with Crippen LogP contribution in [0, 0.1) is 39.3 Å². The second-order valence-corrected chi connectivity index (χ2v) is 39.6. The molecule has 4 aromatic carbocycles. The van der Waals surface area contributed by atoms with Gasteiger partial charge in [0, 0.05) is 101 Å². The lowest BCUT2D eigenvalue weighted by Gasteiger charge is -2.39. The van der Waals surface area contributed by atoms with Crippen molar-refractivity contribution in [1.29, 1.82) is 0 Å². The third-order valence-electron chi connectivity index (χ3n) is 17.7.